The first-order chi connectivity index (χ1) is 11.3. The summed E-state index contributed by atoms with van der Waals surface area (Å²) in [6.45, 7) is 3.95. The van der Waals surface area contributed by atoms with Crippen molar-refractivity contribution in [3.8, 4) is 0 Å². The Hall–Kier alpha value is -1.95. The van der Waals surface area contributed by atoms with E-state index >= 15 is 0 Å². The highest BCUT2D eigenvalue weighted by atomic mass is 19.1. The van der Waals surface area contributed by atoms with Gasteiger partial charge in [0.05, 0.1) is 6.54 Å². The molecule has 2 unspecified atom stereocenters. The minimum Gasteiger partial charge on any atom is -0.384 e. The van der Waals surface area contributed by atoms with E-state index in [2.05, 4.69) is 5.32 Å². The molecule has 0 aromatic heterocycles. The molecule has 0 saturated carbocycles. The zero-order chi connectivity index (χ0) is 17.7. The van der Waals surface area contributed by atoms with Gasteiger partial charge in [0.1, 0.15) is 17.5 Å². The van der Waals surface area contributed by atoms with E-state index in [4.69, 9.17) is 0 Å². The molecule has 2 atom stereocenters. The number of nitrogens with one attached hydrogen (secondary N) is 1. The third kappa shape index (κ3) is 4.32. The van der Waals surface area contributed by atoms with Gasteiger partial charge in [0.2, 0.25) is 11.8 Å². The van der Waals surface area contributed by atoms with E-state index in [0.717, 1.165) is 12.8 Å². The highest BCUT2D eigenvalue weighted by Crippen LogP contribution is 2.21. The van der Waals surface area contributed by atoms with Crippen molar-refractivity contribution in [1.29, 1.82) is 0 Å². The summed E-state index contributed by atoms with van der Waals surface area (Å²) in [7, 11) is 0. The summed E-state index contributed by atoms with van der Waals surface area (Å²) in [6, 6.07) is 5.06. The Morgan fingerprint density at radius 1 is 1.33 bits per heavy atom. The Labute approximate surface area is 141 Å². The molecule has 132 valence electrons. The molecule has 1 aromatic rings. The second-order valence-electron chi connectivity index (χ2n) is 6.45. The fraction of sp³-hybridized carbons (Fsp3) is 0.556. The van der Waals surface area contributed by atoms with Gasteiger partial charge >= 0.3 is 0 Å². The molecule has 1 heterocycles. The predicted molar refractivity (Wildman–Crippen MR) is 88.6 cm³/mol. The van der Waals surface area contributed by atoms with Crippen molar-refractivity contribution < 1.29 is 19.1 Å². The number of carbonyl (C=O) groups is 2. The van der Waals surface area contributed by atoms with Crippen molar-refractivity contribution >= 4 is 11.8 Å². The molecule has 1 aromatic carbocycles. The number of hydrogen-bond donors (Lipinski definition) is 2. The van der Waals surface area contributed by atoms with Crippen LogP contribution in [0.5, 0.6) is 0 Å². The van der Waals surface area contributed by atoms with Gasteiger partial charge in [0.15, 0.2) is 0 Å². The van der Waals surface area contributed by atoms with Gasteiger partial charge in [0.25, 0.3) is 0 Å². The van der Waals surface area contributed by atoms with Gasteiger partial charge in [-0.05, 0) is 43.9 Å². The summed E-state index contributed by atoms with van der Waals surface area (Å²) in [5.74, 6) is -0.659. The van der Waals surface area contributed by atoms with Gasteiger partial charge in [-0.1, -0.05) is 19.1 Å². The van der Waals surface area contributed by atoms with Gasteiger partial charge in [0, 0.05) is 13.0 Å². The molecule has 6 heteroatoms. The Kier molecular flexibility index (Phi) is 5.94. The topological polar surface area (TPSA) is 69.6 Å². The van der Waals surface area contributed by atoms with Gasteiger partial charge in [-0.3, -0.25) is 9.59 Å². The van der Waals surface area contributed by atoms with Crippen LogP contribution in [0.1, 0.15) is 45.1 Å². The Morgan fingerprint density at radius 3 is 2.62 bits per heavy atom. The van der Waals surface area contributed by atoms with Crippen molar-refractivity contribution in [1.82, 2.24) is 10.2 Å². The van der Waals surface area contributed by atoms with Crippen LogP contribution in [-0.4, -0.2) is 41.0 Å². The lowest BCUT2D eigenvalue weighted by Gasteiger charge is -2.35. The third-order valence-electron chi connectivity index (χ3n) is 4.50. The Bertz CT molecular complexity index is 586. The molecule has 1 saturated heterocycles. The lowest BCUT2D eigenvalue weighted by Crippen LogP contribution is -2.53. The predicted octanol–water partition coefficient (Wildman–Crippen LogP) is 1.94. The number of carbonyl (C=O) groups excluding carboxylic acids is 2. The summed E-state index contributed by atoms with van der Waals surface area (Å²) >= 11 is 0. The molecular formula is C18H25FN2O3. The van der Waals surface area contributed by atoms with Crippen molar-refractivity contribution in [3.63, 3.8) is 0 Å². The number of amides is 2. The van der Waals surface area contributed by atoms with Crippen LogP contribution in [0, 0.1) is 5.82 Å². The highest BCUT2D eigenvalue weighted by Gasteiger charge is 2.32. The molecule has 2 rings (SSSR count). The number of halogens is 1. The average molecular weight is 336 g/mol. The minimum atomic E-state index is -1.31. The van der Waals surface area contributed by atoms with Crippen LogP contribution < -0.4 is 5.32 Å². The van der Waals surface area contributed by atoms with Crippen molar-refractivity contribution in [3.05, 3.63) is 35.6 Å². The fourth-order valence-electron chi connectivity index (χ4n) is 2.99. The monoisotopic (exact) mass is 336 g/mol. The molecule has 2 amide bonds. The summed E-state index contributed by atoms with van der Waals surface area (Å²) in [5.41, 5.74) is -0.785. The smallest absolute Gasteiger partial charge is 0.242 e. The first-order valence-electron chi connectivity index (χ1n) is 8.40. The van der Waals surface area contributed by atoms with Crippen molar-refractivity contribution in [2.45, 2.75) is 51.2 Å². The van der Waals surface area contributed by atoms with Crippen LogP contribution in [0.15, 0.2) is 24.3 Å². The molecule has 1 aliphatic rings. The first-order valence-corrected chi connectivity index (χ1v) is 8.40. The summed E-state index contributed by atoms with van der Waals surface area (Å²) < 4.78 is 13.0. The maximum Gasteiger partial charge on any atom is 0.242 e. The molecule has 1 aliphatic heterocycles. The number of hydrogen-bond acceptors (Lipinski definition) is 3. The van der Waals surface area contributed by atoms with Crippen molar-refractivity contribution in [2.75, 3.05) is 13.1 Å². The second kappa shape index (κ2) is 7.75. The van der Waals surface area contributed by atoms with Gasteiger partial charge < -0.3 is 15.3 Å². The standard InChI is InChI=1S/C18H25FN2O3/c1-3-16(22)21-11-5-4-6-15(21)17(23)20-12-18(2,24)13-7-9-14(19)10-8-13/h7-10,15,24H,3-6,11-12H2,1-2H3,(H,20,23). The zero-order valence-electron chi connectivity index (χ0n) is 14.2. The van der Waals surface area contributed by atoms with E-state index in [1.54, 1.807) is 18.7 Å². The maximum absolute atomic E-state index is 13.0. The maximum atomic E-state index is 13.0. The molecule has 0 radical (unpaired) electrons. The molecule has 1 fully saturated rings. The van der Waals surface area contributed by atoms with Gasteiger partial charge in [-0.25, -0.2) is 4.39 Å². The number of rotatable bonds is 5. The van der Waals surface area contributed by atoms with Gasteiger partial charge in [-0.15, -0.1) is 0 Å². The van der Waals surface area contributed by atoms with Gasteiger partial charge in [-0.2, -0.15) is 0 Å². The number of benzene rings is 1. The molecule has 24 heavy (non-hydrogen) atoms. The summed E-state index contributed by atoms with van der Waals surface area (Å²) in [5, 5.41) is 13.3. The van der Waals surface area contributed by atoms with E-state index in [1.165, 1.54) is 24.3 Å². The molecule has 2 N–H and O–H groups in total. The number of nitrogens with zero attached hydrogens (tertiary/aromatic N) is 1. The largest absolute Gasteiger partial charge is 0.384 e. The van der Waals surface area contributed by atoms with Crippen LogP contribution in [-0.2, 0) is 15.2 Å². The number of aliphatic hydroxyl groups is 1. The SMILES string of the molecule is CCC(=O)N1CCCCC1C(=O)NCC(C)(O)c1ccc(F)cc1. The molecule has 0 aliphatic carbocycles. The molecular weight excluding hydrogens is 311 g/mol. The van der Waals surface area contributed by atoms with Crippen LogP contribution >= 0.6 is 0 Å². The normalized spacial score (nSPS) is 20.3. The van der Waals surface area contributed by atoms with Crippen LogP contribution in [0.4, 0.5) is 4.39 Å². The third-order valence-corrected chi connectivity index (χ3v) is 4.50. The first kappa shape index (κ1) is 18.4. The van der Waals surface area contributed by atoms with E-state index in [1.807, 2.05) is 0 Å². The summed E-state index contributed by atoms with van der Waals surface area (Å²) in [4.78, 5) is 26.1. The Balaban J connectivity index is 2.00. The quantitative estimate of drug-likeness (QED) is 0.863. The molecule has 5 nitrogen and oxygen atoms in total. The van der Waals surface area contributed by atoms with Crippen LogP contribution in [0.25, 0.3) is 0 Å². The Morgan fingerprint density at radius 2 is 2.00 bits per heavy atom. The minimum absolute atomic E-state index is 0.00210. The van der Waals surface area contributed by atoms with Crippen LogP contribution in [0.2, 0.25) is 0 Å². The van der Waals surface area contributed by atoms with E-state index in [0.29, 0.717) is 24.9 Å². The number of piperidine rings is 1. The average Bonchev–Trinajstić information content (AvgIpc) is 2.59. The van der Waals surface area contributed by atoms with E-state index in [-0.39, 0.29) is 24.2 Å². The van der Waals surface area contributed by atoms with Crippen LogP contribution in [0.3, 0.4) is 0 Å². The van der Waals surface area contributed by atoms with Crippen molar-refractivity contribution in [2.24, 2.45) is 0 Å². The fourth-order valence-corrected chi connectivity index (χ4v) is 2.99. The molecule has 0 spiro atoms. The lowest BCUT2D eigenvalue weighted by atomic mass is 9.95. The highest BCUT2D eigenvalue weighted by molar-refractivity contribution is 5.87. The summed E-state index contributed by atoms with van der Waals surface area (Å²) in [6.07, 6.45) is 2.82. The van der Waals surface area contributed by atoms with E-state index < -0.39 is 11.6 Å². The lowest BCUT2D eigenvalue weighted by molar-refractivity contribution is -0.142. The molecule has 0 bridgehead atoms. The zero-order valence-corrected chi connectivity index (χ0v) is 14.2. The second-order valence-corrected chi connectivity index (χ2v) is 6.45. The number of likely N-dealkylation sites (tertiary alicyclic amines) is 1. The van der Waals surface area contributed by atoms with E-state index in [9.17, 15) is 19.1 Å².